The monoisotopic (exact) mass is 524 g/mol. The van der Waals surface area contributed by atoms with Crippen molar-refractivity contribution in [1.29, 1.82) is 0 Å². The molecular weight excluding hydrogens is 488 g/mol. The molecule has 6 nitrogen and oxygen atoms in total. The average molecular weight is 525 g/mol. The van der Waals surface area contributed by atoms with Gasteiger partial charge in [-0.3, -0.25) is 19.4 Å². The summed E-state index contributed by atoms with van der Waals surface area (Å²) in [6, 6.07) is 15.0. The summed E-state index contributed by atoms with van der Waals surface area (Å²) in [5.41, 5.74) is 3.29. The third-order valence-electron chi connectivity index (χ3n) is 7.19. The number of rotatable bonds is 8. The predicted octanol–water partition coefficient (Wildman–Crippen LogP) is 7.24. The summed E-state index contributed by atoms with van der Waals surface area (Å²) < 4.78 is 1.77. The number of carbonyl (C=O) groups is 3. The number of aromatic nitrogens is 2. The van der Waals surface area contributed by atoms with E-state index >= 15 is 0 Å². The number of benzene rings is 1. The largest absolute Gasteiger partial charge is 0.481 e. The summed E-state index contributed by atoms with van der Waals surface area (Å²) in [5.74, 6) is -1.16. The summed E-state index contributed by atoms with van der Waals surface area (Å²) in [6.45, 7) is 12.9. The van der Waals surface area contributed by atoms with Gasteiger partial charge in [0.25, 0.3) is 0 Å². The van der Waals surface area contributed by atoms with E-state index in [1.807, 2.05) is 63.4 Å². The molecule has 39 heavy (non-hydrogen) atoms. The summed E-state index contributed by atoms with van der Waals surface area (Å²) in [5, 5.41) is 9.99. The molecule has 0 spiro atoms. The van der Waals surface area contributed by atoms with E-state index in [2.05, 4.69) is 18.8 Å². The SMILES string of the molecule is CC(C)c1ccn2c(C(=O)c3ccc(-c4cccnc4)cc3)c(CC(C)(C)C(=O)O)c(C(=O)C(C)(C)C)c2c1. The van der Waals surface area contributed by atoms with Crippen LogP contribution in [0, 0.1) is 10.8 Å². The molecule has 0 saturated heterocycles. The highest BCUT2D eigenvalue weighted by molar-refractivity contribution is 6.15. The number of carbonyl (C=O) groups excluding carboxylic acids is 2. The van der Waals surface area contributed by atoms with Gasteiger partial charge in [-0.25, -0.2) is 0 Å². The van der Waals surface area contributed by atoms with Gasteiger partial charge in [0.2, 0.25) is 5.78 Å². The fraction of sp³-hybridized carbons (Fsp3) is 0.333. The number of ketones is 2. The zero-order chi connectivity index (χ0) is 28.7. The van der Waals surface area contributed by atoms with Gasteiger partial charge in [0.05, 0.1) is 16.6 Å². The van der Waals surface area contributed by atoms with Crippen molar-refractivity contribution in [1.82, 2.24) is 9.38 Å². The molecule has 3 heterocycles. The van der Waals surface area contributed by atoms with Crippen LogP contribution in [0.5, 0.6) is 0 Å². The van der Waals surface area contributed by atoms with Gasteiger partial charge in [-0.2, -0.15) is 0 Å². The van der Waals surface area contributed by atoms with Crippen molar-refractivity contribution in [2.24, 2.45) is 10.8 Å². The molecule has 1 N–H and O–H groups in total. The van der Waals surface area contributed by atoms with Gasteiger partial charge in [0.15, 0.2) is 5.78 Å². The topological polar surface area (TPSA) is 88.7 Å². The third-order valence-corrected chi connectivity index (χ3v) is 7.19. The number of hydrogen-bond acceptors (Lipinski definition) is 4. The molecule has 0 radical (unpaired) electrons. The molecule has 0 aliphatic carbocycles. The van der Waals surface area contributed by atoms with Gasteiger partial charge >= 0.3 is 5.97 Å². The molecule has 3 aromatic heterocycles. The van der Waals surface area contributed by atoms with E-state index in [4.69, 9.17) is 0 Å². The van der Waals surface area contributed by atoms with Crippen LogP contribution in [-0.2, 0) is 11.2 Å². The molecule has 0 amide bonds. The Morgan fingerprint density at radius 1 is 0.949 bits per heavy atom. The number of aliphatic carboxylic acids is 1. The molecule has 0 unspecified atom stereocenters. The second kappa shape index (κ2) is 10.3. The number of Topliss-reactive ketones (excluding diaryl/α,β-unsaturated/α-hetero) is 1. The van der Waals surface area contributed by atoms with Crippen LogP contribution in [0.2, 0.25) is 0 Å². The van der Waals surface area contributed by atoms with Crippen LogP contribution >= 0.6 is 0 Å². The summed E-state index contributed by atoms with van der Waals surface area (Å²) in [7, 11) is 0. The lowest BCUT2D eigenvalue weighted by molar-refractivity contribution is -0.146. The maximum atomic E-state index is 14.2. The first kappa shape index (κ1) is 28.0. The summed E-state index contributed by atoms with van der Waals surface area (Å²) in [6.07, 6.45) is 5.34. The Morgan fingerprint density at radius 2 is 1.62 bits per heavy atom. The third kappa shape index (κ3) is 5.42. The fourth-order valence-electron chi connectivity index (χ4n) is 4.73. The van der Waals surface area contributed by atoms with Gasteiger partial charge in [-0.05, 0) is 66.6 Å². The molecule has 0 bridgehead atoms. The standard InChI is InChI=1S/C33H36N2O4/c1-20(2)23-14-16-35-26(17-23)27(30(37)32(3,4)5)25(18-33(6,7)31(38)39)28(35)29(36)22-12-10-21(11-13-22)24-9-8-15-34-19-24/h8-17,19-20H,18H2,1-7H3,(H,38,39). The van der Waals surface area contributed by atoms with E-state index in [-0.39, 0.29) is 23.9 Å². The van der Waals surface area contributed by atoms with Crippen molar-refractivity contribution in [3.05, 3.63) is 95.1 Å². The Kier molecular flexibility index (Phi) is 7.35. The normalized spacial score (nSPS) is 12.2. The Balaban J connectivity index is 1.99. The van der Waals surface area contributed by atoms with Gasteiger partial charge in [-0.15, -0.1) is 0 Å². The minimum atomic E-state index is -1.20. The lowest BCUT2D eigenvalue weighted by atomic mass is 9.79. The van der Waals surface area contributed by atoms with Crippen molar-refractivity contribution in [3.63, 3.8) is 0 Å². The average Bonchev–Trinajstić information content (AvgIpc) is 3.19. The number of fused-ring (bicyclic) bond motifs is 1. The summed E-state index contributed by atoms with van der Waals surface area (Å²) in [4.78, 5) is 44.5. The van der Waals surface area contributed by atoms with Crippen LogP contribution < -0.4 is 0 Å². The molecule has 0 atom stereocenters. The van der Waals surface area contributed by atoms with Crippen LogP contribution in [0.25, 0.3) is 16.6 Å². The Bertz CT molecular complexity index is 1550. The van der Waals surface area contributed by atoms with E-state index in [9.17, 15) is 19.5 Å². The molecule has 0 fully saturated rings. The first-order valence-corrected chi connectivity index (χ1v) is 13.2. The van der Waals surface area contributed by atoms with E-state index in [0.29, 0.717) is 27.9 Å². The van der Waals surface area contributed by atoms with E-state index in [1.165, 1.54) is 0 Å². The van der Waals surface area contributed by atoms with E-state index in [0.717, 1.165) is 16.7 Å². The van der Waals surface area contributed by atoms with Crippen molar-refractivity contribution >= 4 is 23.1 Å². The van der Waals surface area contributed by atoms with E-state index < -0.39 is 16.8 Å². The van der Waals surface area contributed by atoms with Crippen LogP contribution in [0.3, 0.4) is 0 Å². The zero-order valence-electron chi connectivity index (χ0n) is 23.7. The molecule has 4 rings (SSSR count). The van der Waals surface area contributed by atoms with Crippen LogP contribution in [0.1, 0.15) is 91.9 Å². The van der Waals surface area contributed by atoms with Crippen molar-refractivity contribution in [2.75, 3.05) is 0 Å². The molecule has 4 aromatic rings. The van der Waals surface area contributed by atoms with Gasteiger partial charge in [0, 0.05) is 35.1 Å². The quantitative estimate of drug-likeness (QED) is 0.246. The van der Waals surface area contributed by atoms with Crippen LogP contribution in [0.4, 0.5) is 0 Å². The highest BCUT2D eigenvalue weighted by atomic mass is 16.4. The molecular formula is C33H36N2O4. The fourth-order valence-corrected chi connectivity index (χ4v) is 4.73. The summed E-state index contributed by atoms with van der Waals surface area (Å²) >= 11 is 0. The Morgan fingerprint density at radius 3 is 2.15 bits per heavy atom. The minimum Gasteiger partial charge on any atom is -0.481 e. The second-order valence-corrected chi connectivity index (χ2v) is 12.2. The lowest BCUT2D eigenvalue weighted by Gasteiger charge is -2.22. The molecule has 0 aliphatic heterocycles. The van der Waals surface area contributed by atoms with Crippen LogP contribution in [-0.4, -0.2) is 32.0 Å². The van der Waals surface area contributed by atoms with Crippen LogP contribution in [0.15, 0.2) is 67.1 Å². The van der Waals surface area contributed by atoms with Crippen molar-refractivity contribution in [3.8, 4) is 11.1 Å². The number of carboxylic acid groups (broad SMARTS) is 1. The van der Waals surface area contributed by atoms with Crippen molar-refractivity contribution in [2.45, 2.75) is 60.8 Å². The maximum Gasteiger partial charge on any atom is 0.309 e. The first-order chi connectivity index (χ1) is 18.2. The predicted molar refractivity (Wildman–Crippen MR) is 153 cm³/mol. The lowest BCUT2D eigenvalue weighted by Crippen LogP contribution is -2.29. The molecule has 1 aromatic carbocycles. The first-order valence-electron chi connectivity index (χ1n) is 13.2. The zero-order valence-corrected chi connectivity index (χ0v) is 23.7. The Hall–Kier alpha value is -4.06. The molecule has 0 saturated carbocycles. The van der Waals surface area contributed by atoms with Gasteiger partial charge in [-0.1, -0.05) is 65.0 Å². The Labute approximate surface area is 229 Å². The number of hydrogen-bond donors (Lipinski definition) is 1. The number of carboxylic acids is 1. The van der Waals surface area contributed by atoms with E-state index in [1.54, 1.807) is 42.8 Å². The smallest absolute Gasteiger partial charge is 0.309 e. The second-order valence-electron chi connectivity index (χ2n) is 12.2. The highest BCUT2D eigenvalue weighted by Gasteiger charge is 2.37. The van der Waals surface area contributed by atoms with Gasteiger partial charge < -0.3 is 9.51 Å². The van der Waals surface area contributed by atoms with Gasteiger partial charge in [0.1, 0.15) is 0 Å². The molecule has 6 heteroatoms. The number of nitrogens with zero attached hydrogens (tertiary/aromatic N) is 2. The highest BCUT2D eigenvalue weighted by Crippen LogP contribution is 2.37. The maximum absolute atomic E-state index is 14.2. The molecule has 0 aliphatic rings. The van der Waals surface area contributed by atoms with Crippen molar-refractivity contribution < 1.29 is 19.5 Å². The minimum absolute atomic E-state index is 0.0347. The number of pyridine rings is 2. The molecule has 202 valence electrons.